The molecule has 0 aliphatic heterocycles. The highest BCUT2D eigenvalue weighted by Crippen LogP contribution is 2.26. The molecule has 18 heavy (non-hydrogen) atoms. The van der Waals surface area contributed by atoms with Crippen LogP contribution in [0.1, 0.15) is 12.0 Å². The van der Waals surface area contributed by atoms with Gasteiger partial charge < -0.3 is 9.64 Å². The number of nitrogens with zero attached hydrogens (tertiary/aromatic N) is 1. The smallest absolute Gasteiger partial charge is 0.406 e. The summed E-state index contributed by atoms with van der Waals surface area (Å²) in [6, 6.07) is 5.82. The standard InChI is InChI=1S/C12H14F3NO2/c1-16(2)11(17)8-7-9-5-3-4-6-10(9)18-12(13,14)15/h3-6H,7-8H2,1-2H3. The summed E-state index contributed by atoms with van der Waals surface area (Å²) in [7, 11) is 3.20. The first-order chi connectivity index (χ1) is 8.29. The topological polar surface area (TPSA) is 29.5 Å². The van der Waals surface area contributed by atoms with E-state index in [-0.39, 0.29) is 24.5 Å². The number of amides is 1. The number of benzene rings is 1. The van der Waals surface area contributed by atoms with Gasteiger partial charge in [0.15, 0.2) is 0 Å². The number of carbonyl (C=O) groups is 1. The highest BCUT2D eigenvalue weighted by molar-refractivity contribution is 5.75. The van der Waals surface area contributed by atoms with Gasteiger partial charge in [0.25, 0.3) is 0 Å². The van der Waals surface area contributed by atoms with Gasteiger partial charge in [0.1, 0.15) is 5.75 Å². The van der Waals surface area contributed by atoms with Crippen molar-refractivity contribution in [2.75, 3.05) is 14.1 Å². The minimum atomic E-state index is -4.72. The lowest BCUT2D eigenvalue weighted by atomic mass is 10.1. The van der Waals surface area contributed by atoms with Gasteiger partial charge in [-0.1, -0.05) is 18.2 Å². The molecule has 0 unspecified atom stereocenters. The predicted molar refractivity (Wildman–Crippen MR) is 60.1 cm³/mol. The zero-order valence-corrected chi connectivity index (χ0v) is 10.1. The molecule has 0 aromatic heterocycles. The summed E-state index contributed by atoms with van der Waals surface area (Å²) in [6.07, 6.45) is -4.36. The summed E-state index contributed by atoms with van der Waals surface area (Å²) < 4.78 is 40.4. The fourth-order valence-corrected chi connectivity index (χ4v) is 1.40. The fraction of sp³-hybridized carbons (Fsp3) is 0.417. The zero-order valence-electron chi connectivity index (χ0n) is 10.1. The molecule has 0 N–H and O–H groups in total. The first kappa shape index (κ1) is 14.3. The Morgan fingerprint density at radius 3 is 2.44 bits per heavy atom. The lowest BCUT2D eigenvalue weighted by molar-refractivity contribution is -0.274. The van der Waals surface area contributed by atoms with E-state index in [0.717, 1.165) is 0 Å². The monoisotopic (exact) mass is 261 g/mol. The molecular weight excluding hydrogens is 247 g/mol. The number of aryl methyl sites for hydroxylation is 1. The van der Waals surface area contributed by atoms with Gasteiger partial charge in [0.05, 0.1) is 0 Å². The minimum absolute atomic E-state index is 0.142. The van der Waals surface area contributed by atoms with Gasteiger partial charge in [-0.2, -0.15) is 0 Å². The second kappa shape index (κ2) is 5.75. The Morgan fingerprint density at radius 1 is 1.28 bits per heavy atom. The molecule has 0 spiro atoms. The van der Waals surface area contributed by atoms with Gasteiger partial charge in [0.2, 0.25) is 5.91 Å². The van der Waals surface area contributed by atoms with Gasteiger partial charge in [-0.15, -0.1) is 13.2 Å². The third-order valence-electron chi connectivity index (χ3n) is 2.31. The van der Waals surface area contributed by atoms with Crippen molar-refractivity contribution in [2.45, 2.75) is 19.2 Å². The number of alkyl halides is 3. The van der Waals surface area contributed by atoms with Gasteiger partial charge in [0, 0.05) is 20.5 Å². The van der Waals surface area contributed by atoms with Crippen molar-refractivity contribution in [3.8, 4) is 5.75 Å². The number of rotatable bonds is 4. The number of carbonyl (C=O) groups excluding carboxylic acids is 1. The SMILES string of the molecule is CN(C)C(=O)CCc1ccccc1OC(F)(F)F. The van der Waals surface area contributed by atoms with Crippen molar-refractivity contribution >= 4 is 5.91 Å². The van der Waals surface area contributed by atoms with Crippen LogP contribution >= 0.6 is 0 Å². The van der Waals surface area contributed by atoms with E-state index >= 15 is 0 Å². The van der Waals surface area contributed by atoms with E-state index in [0.29, 0.717) is 5.56 Å². The molecule has 0 saturated carbocycles. The van der Waals surface area contributed by atoms with E-state index in [1.807, 2.05) is 0 Å². The highest BCUT2D eigenvalue weighted by Gasteiger charge is 2.31. The molecule has 1 rings (SSSR count). The number of hydrogen-bond acceptors (Lipinski definition) is 2. The van der Waals surface area contributed by atoms with E-state index in [9.17, 15) is 18.0 Å². The third kappa shape index (κ3) is 4.65. The second-order valence-electron chi connectivity index (χ2n) is 3.94. The molecule has 0 fully saturated rings. The molecule has 0 radical (unpaired) electrons. The summed E-state index contributed by atoms with van der Waals surface area (Å²) >= 11 is 0. The average molecular weight is 261 g/mol. The lowest BCUT2D eigenvalue weighted by Crippen LogP contribution is -2.22. The van der Waals surface area contributed by atoms with Crippen molar-refractivity contribution in [1.29, 1.82) is 0 Å². The molecular formula is C12H14F3NO2. The van der Waals surface area contributed by atoms with E-state index in [1.54, 1.807) is 20.2 Å². The van der Waals surface area contributed by atoms with Crippen LogP contribution in [0, 0.1) is 0 Å². The zero-order chi connectivity index (χ0) is 13.8. The normalized spacial score (nSPS) is 11.2. The Bertz CT molecular complexity index is 416. The second-order valence-corrected chi connectivity index (χ2v) is 3.94. The first-order valence-electron chi connectivity index (χ1n) is 5.33. The maximum atomic E-state index is 12.2. The summed E-state index contributed by atoms with van der Waals surface area (Å²) in [4.78, 5) is 12.8. The molecule has 1 aromatic rings. The number of ether oxygens (including phenoxy) is 1. The Morgan fingerprint density at radius 2 is 1.89 bits per heavy atom. The van der Waals surface area contributed by atoms with Crippen LogP contribution in [0.4, 0.5) is 13.2 Å². The largest absolute Gasteiger partial charge is 0.573 e. The molecule has 0 atom stereocenters. The van der Waals surface area contributed by atoms with Crippen molar-refractivity contribution < 1.29 is 22.7 Å². The minimum Gasteiger partial charge on any atom is -0.406 e. The summed E-state index contributed by atoms with van der Waals surface area (Å²) in [6.45, 7) is 0. The quantitative estimate of drug-likeness (QED) is 0.833. The number of hydrogen-bond donors (Lipinski definition) is 0. The molecule has 100 valence electrons. The Hall–Kier alpha value is -1.72. The van der Waals surface area contributed by atoms with Gasteiger partial charge in [-0.25, -0.2) is 0 Å². The van der Waals surface area contributed by atoms with Gasteiger partial charge >= 0.3 is 6.36 Å². The third-order valence-corrected chi connectivity index (χ3v) is 2.31. The van der Waals surface area contributed by atoms with Crippen LogP contribution in [0.25, 0.3) is 0 Å². The van der Waals surface area contributed by atoms with Crippen molar-refractivity contribution in [1.82, 2.24) is 4.90 Å². The average Bonchev–Trinajstić information content (AvgIpc) is 2.25. The first-order valence-corrected chi connectivity index (χ1v) is 5.33. The van der Waals surface area contributed by atoms with Crippen LogP contribution in [-0.4, -0.2) is 31.3 Å². The number of halogens is 3. The highest BCUT2D eigenvalue weighted by atomic mass is 19.4. The van der Waals surface area contributed by atoms with E-state index in [1.165, 1.54) is 23.1 Å². The van der Waals surface area contributed by atoms with E-state index in [2.05, 4.69) is 4.74 Å². The lowest BCUT2D eigenvalue weighted by Gasteiger charge is -2.14. The van der Waals surface area contributed by atoms with Crippen LogP contribution in [0.3, 0.4) is 0 Å². The van der Waals surface area contributed by atoms with Crippen molar-refractivity contribution in [3.63, 3.8) is 0 Å². The van der Waals surface area contributed by atoms with Crippen LogP contribution in [0.2, 0.25) is 0 Å². The fourth-order valence-electron chi connectivity index (χ4n) is 1.40. The Balaban J connectivity index is 2.74. The van der Waals surface area contributed by atoms with Crippen LogP contribution in [-0.2, 0) is 11.2 Å². The molecule has 0 aliphatic rings. The van der Waals surface area contributed by atoms with E-state index in [4.69, 9.17) is 0 Å². The maximum absolute atomic E-state index is 12.2. The molecule has 0 aliphatic carbocycles. The van der Waals surface area contributed by atoms with E-state index < -0.39 is 6.36 Å². The maximum Gasteiger partial charge on any atom is 0.573 e. The van der Waals surface area contributed by atoms with Crippen LogP contribution in [0.5, 0.6) is 5.75 Å². The molecule has 0 bridgehead atoms. The van der Waals surface area contributed by atoms with Crippen LogP contribution in [0.15, 0.2) is 24.3 Å². The molecule has 0 saturated heterocycles. The molecule has 3 nitrogen and oxygen atoms in total. The predicted octanol–water partition coefficient (Wildman–Crippen LogP) is 2.61. The van der Waals surface area contributed by atoms with Crippen molar-refractivity contribution in [2.24, 2.45) is 0 Å². The molecule has 0 heterocycles. The summed E-state index contributed by atoms with van der Waals surface area (Å²) in [5.74, 6) is -0.395. The molecule has 6 heteroatoms. The Kier molecular flexibility index (Phi) is 4.58. The van der Waals surface area contributed by atoms with Gasteiger partial charge in [-0.05, 0) is 18.1 Å². The summed E-state index contributed by atoms with van der Waals surface area (Å²) in [5.41, 5.74) is 0.366. The summed E-state index contributed by atoms with van der Waals surface area (Å²) in [5, 5.41) is 0. The number of para-hydroxylation sites is 1. The molecule has 1 amide bonds. The van der Waals surface area contributed by atoms with Gasteiger partial charge in [-0.3, -0.25) is 4.79 Å². The molecule has 1 aromatic carbocycles. The van der Waals surface area contributed by atoms with Crippen molar-refractivity contribution in [3.05, 3.63) is 29.8 Å². The Labute approximate surface area is 103 Å². The van der Waals surface area contributed by atoms with Crippen LogP contribution < -0.4 is 4.74 Å².